The fourth-order valence-electron chi connectivity index (χ4n) is 1.15. The molecule has 0 amide bonds. The fourth-order valence-corrected chi connectivity index (χ4v) is 3.57. The van der Waals surface area contributed by atoms with Gasteiger partial charge in [-0.25, -0.2) is 13.1 Å². The van der Waals surface area contributed by atoms with E-state index in [9.17, 15) is 8.42 Å². The number of sulfonamides is 1. The molecule has 1 aromatic heterocycles. The molecule has 7 heteroatoms. The molecular weight excluding hydrogens is 328 g/mol. The molecule has 17 heavy (non-hydrogen) atoms. The van der Waals surface area contributed by atoms with E-state index in [-0.39, 0.29) is 22.7 Å². The predicted molar refractivity (Wildman–Crippen MR) is 71.6 cm³/mol. The van der Waals surface area contributed by atoms with Gasteiger partial charge in [-0.1, -0.05) is 13.8 Å². The van der Waals surface area contributed by atoms with Crippen molar-refractivity contribution in [2.45, 2.75) is 24.8 Å². The fraction of sp³-hybridized carbons (Fsp3) is 0.500. The summed E-state index contributed by atoms with van der Waals surface area (Å²) in [6, 6.07) is 1.21. The topological polar surface area (TPSA) is 59.1 Å². The first-order valence-corrected chi connectivity index (χ1v) is 7.86. The van der Waals surface area contributed by atoms with Crippen LogP contribution in [0.4, 0.5) is 0 Å². The van der Waals surface area contributed by atoms with Gasteiger partial charge in [-0.2, -0.15) is 0 Å². The van der Waals surface area contributed by atoms with Gasteiger partial charge in [0.25, 0.3) is 0 Å². The summed E-state index contributed by atoms with van der Waals surface area (Å²) in [5.74, 6) is 0.362. The van der Waals surface area contributed by atoms with Crippen LogP contribution in [0.25, 0.3) is 0 Å². The van der Waals surface area contributed by atoms with Crippen LogP contribution in [0.1, 0.15) is 13.8 Å². The van der Waals surface area contributed by atoms with Crippen molar-refractivity contribution < 1.29 is 8.42 Å². The smallest absolute Gasteiger partial charge is 0.242 e. The van der Waals surface area contributed by atoms with Crippen molar-refractivity contribution >= 4 is 37.6 Å². The molecule has 1 aromatic rings. The maximum absolute atomic E-state index is 12.0. The van der Waals surface area contributed by atoms with Gasteiger partial charge in [0.1, 0.15) is 4.90 Å². The summed E-state index contributed by atoms with van der Waals surface area (Å²) in [4.78, 5) is 3.96. The number of nitrogens with zero attached hydrogens (tertiary/aromatic N) is 1. The van der Waals surface area contributed by atoms with Crippen molar-refractivity contribution in [2.24, 2.45) is 5.92 Å². The molecule has 1 N–H and O–H groups in total. The molecular formula is C10H14BrClN2O2S. The lowest BCUT2D eigenvalue weighted by molar-refractivity contribution is 0.480. The molecule has 1 heterocycles. The molecule has 1 atom stereocenters. The van der Waals surface area contributed by atoms with Crippen LogP contribution in [-0.4, -0.2) is 25.3 Å². The third-order valence-corrected chi connectivity index (χ3v) is 4.49. The van der Waals surface area contributed by atoms with Crippen LogP contribution in [0.3, 0.4) is 0 Å². The highest BCUT2D eigenvalue weighted by Crippen LogP contribution is 2.16. The lowest BCUT2D eigenvalue weighted by Gasteiger charge is -2.19. The average molecular weight is 342 g/mol. The van der Waals surface area contributed by atoms with Gasteiger partial charge in [0, 0.05) is 28.8 Å². The molecule has 0 spiro atoms. The Balaban J connectivity index is 2.96. The number of nitrogens with one attached hydrogen (secondary N) is 1. The Labute approximate surface area is 115 Å². The Morgan fingerprint density at radius 3 is 2.59 bits per heavy atom. The van der Waals surface area contributed by atoms with Crippen LogP contribution in [0.2, 0.25) is 0 Å². The number of hydrogen-bond acceptors (Lipinski definition) is 3. The molecule has 0 fully saturated rings. The first-order valence-electron chi connectivity index (χ1n) is 5.05. The third kappa shape index (κ3) is 4.21. The Morgan fingerprint density at radius 2 is 2.12 bits per heavy atom. The summed E-state index contributed by atoms with van der Waals surface area (Å²) < 4.78 is 27.2. The van der Waals surface area contributed by atoms with E-state index < -0.39 is 10.0 Å². The average Bonchev–Trinajstić information content (AvgIpc) is 2.25. The molecule has 1 rings (SSSR count). The number of halogens is 2. The normalized spacial score (nSPS) is 13.9. The van der Waals surface area contributed by atoms with E-state index in [4.69, 9.17) is 11.6 Å². The molecule has 96 valence electrons. The van der Waals surface area contributed by atoms with Crippen LogP contribution in [-0.2, 0) is 10.0 Å². The van der Waals surface area contributed by atoms with Crippen molar-refractivity contribution in [3.8, 4) is 0 Å². The molecule has 0 aliphatic carbocycles. The molecule has 0 aliphatic rings. The van der Waals surface area contributed by atoms with Crippen LogP contribution in [0.15, 0.2) is 27.8 Å². The Bertz CT molecular complexity index is 479. The maximum atomic E-state index is 12.0. The van der Waals surface area contributed by atoms with E-state index in [1.165, 1.54) is 18.5 Å². The van der Waals surface area contributed by atoms with Crippen LogP contribution < -0.4 is 4.72 Å². The van der Waals surface area contributed by atoms with E-state index >= 15 is 0 Å². The minimum Gasteiger partial charge on any atom is -0.262 e. The monoisotopic (exact) mass is 340 g/mol. The minimum atomic E-state index is -3.57. The lowest BCUT2D eigenvalue weighted by Crippen LogP contribution is -2.39. The molecule has 0 bridgehead atoms. The summed E-state index contributed by atoms with van der Waals surface area (Å²) in [5.41, 5.74) is 0. The third-order valence-electron chi connectivity index (χ3n) is 2.27. The zero-order chi connectivity index (χ0) is 13.1. The molecule has 4 nitrogen and oxygen atoms in total. The van der Waals surface area contributed by atoms with Gasteiger partial charge < -0.3 is 0 Å². The molecule has 0 saturated carbocycles. The van der Waals surface area contributed by atoms with Crippen molar-refractivity contribution in [3.05, 3.63) is 22.9 Å². The van der Waals surface area contributed by atoms with Crippen LogP contribution >= 0.6 is 27.5 Å². The highest BCUT2D eigenvalue weighted by molar-refractivity contribution is 9.10. The van der Waals surface area contributed by atoms with Gasteiger partial charge in [0.2, 0.25) is 10.0 Å². The lowest BCUT2D eigenvalue weighted by atomic mass is 10.1. The van der Waals surface area contributed by atoms with Gasteiger partial charge in [0.15, 0.2) is 0 Å². The number of pyridine rings is 1. The molecule has 0 aromatic carbocycles. The summed E-state index contributed by atoms with van der Waals surface area (Å²) >= 11 is 8.92. The van der Waals surface area contributed by atoms with Gasteiger partial charge in [-0.05, 0) is 27.9 Å². The largest absolute Gasteiger partial charge is 0.262 e. The molecule has 0 aliphatic heterocycles. The number of aromatic nitrogens is 1. The second kappa shape index (κ2) is 6.13. The van der Waals surface area contributed by atoms with E-state index in [0.717, 1.165) is 0 Å². The summed E-state index contributed by atoms with van der Waals surface area (Å²) in [6.07, 6.45) is 2.83. The van der Waals surface area contributed by atoms with Gasteiger partial charge >= 0.3 is 0 Å². The molecule has 1 unspecified atom stereocenters. The SMILES string of the molecule is CC(C)C(CCl)NS(=O)(=O)c1cncc(Br)c1. The molecule has 0 radical (unpaired) electrons. The summed E-state index contributed by atoms with van der Waals surface area (Å²) in [7, 11) is -3.57. The number of hydrogen-bond donors (Lipinski definition) is 1. The van der Waals surface area contributed by atoms with Crippen molar-refractivity contribution in [1.29, 1.82) is 0 Å². The second-order valence-corrected chi connectivity index (χ2v) is 6.90. The van der Waals surface area contributed by atoms with Crippen LogP contribution in [0, 0.1) is 5.92 Å². The van der Waals surface area contributed by atoms with Gasteiger partial charge in [-0.3, -0.25) is 4.98 Å². The summed E-state index contributed by atoms with van der Waals surface area (Å²) in [6.45, 7) is 3.82. The van der Waals surface area contributed by atoms with Gasteiger partial charge in [-0.15, -0.1) is 11.6 Å². The second-order valence-electron chi connectivity index (χ2n) is 3.96. The zero-order valence-electron chi connectivity index (χ0n) is 9.52. The Hall–Kier alpha value is -0.170. The first-order chi connectivity index (χ1) is 7.86. The highest BCUT2D eigenvalue weighted by Gasteiger charge is 2.22. The summed E-state index contributed by atoms with van der Waals surface area (Å²) in [5, 5.41) is 0. The van der Waals surface area contributed by atoms with Gasteiger partial charge in [0.05, 0.1) is 0 Å². The minimum absolute atomic E-state index is 0.127. The van der Waals surface area contributed by atoms with Crippen molar-refractivity contribution in [2.75, 3.05) is 5.88 Å². The van der Waals surface area contributed by atoms with Crippen molar-refractivity contribution in [3.63, 3.8) is 0 Å². The van der Waals surface area contributed by atoms with E-state index in [2.05, 4.69) is 25.6 Å². The van der Waals surface area contributed by atoms with E-state index in [1.807, 2.05) is 13.8 Å². The Kier molecular flexibility index (Phi) is 5.37. The van der Waals surface area contributed by atoms with E-state index in [0.29, 0.717) is 4.47 Å². The zero-order valence-corrected chi connectivity index (χ0v) is 12.7. The van der Waals surface area contributed by atoms with Crippen molar-refractivity contribution in [1.82, 2.24) is 9.71 Å². The predicted octanol–water partition coefficient (Wildman–Crippen LogP) is 2.39. The number of alkyl halides is 1. The standard InChI is InChI=1S/C10H14BrClN2O2S/c1-7(2)10(4-12)14-17(15,16)9-3-8(11)5-13-6-9/h3,5-7,10,14H,4H2,1-2H3. The van der Waals surface area contributed by atoms with Crippen LogP contribution in [0.5, 0.6) is 0 Å². The highest BCUT2D eigenvalue weighted by atomic mass is 79.9. The number of rotatable bonds is 5. The quantitative estimate of drug-likeness (QED) is 0.837. The molecule has 0 saturated heterocycles. The maximum Gasteiger partial charge on any atom is 0.242 e. The Morgan fingerprint density at radius 1 is 1.47 bits per heavy atom. The van der Waals surface area contributed by atoms with E-state index in [1.54, 1.807) is 0 Å². The first kappa shape index (κ1) is 14.9.